The Balaban J connectivity index is 1.33. The van der Waals surface area contributed by atoms with Crippen molar-refractivity contribution in [2.24, 2.45) is 5.92 Å². The third kappa shape index (κ3) is 4.71. The molecule has 3 heterocycles. The second-order valence-corrected chi connectivity index (χ2v) is 8.55. The van der Waals surface area contributed by atoms with Crippen molar-refractivity contribution in [3.05, 3.63) is 78.0 Å². The van der Waals surface area contributed by atoms with Crippen LogP contribution in [0.3, 0.4) is 0 Å². The van der Waals surface area contributed by atoms with Crippen molar-refractivity contribution >= 4 is 17.3 Å². The number of piperidine rings is 1. The summed E-state index contributed by atoms with van der Waals surface area (Å²) in [6.45, 7) is 2.72. The number of fused-ring (bicyclic) bond motifs is 1. The number of hydrogen-bond donors (Lipinski definition) is 4. The summed E-state index contributed by atoms with van der Waals surface area (Å²) in [5.74, 6) is 1.54. The van der Waals surface area contributed by atoms with Crippen LogP contribution in [0.5, 0.6) is 0 Å². The lowest BCUT2D eigenvalue weighted by Gasteiger charge is -2.28. The van der Waals surface area contributed by atoms with Crippen LogP contribution in [0.25, 0.3) is 16.8 Å². The minimum Gasteiger partial charge on any atom is -0.391 e. The normalized spacial score (nSPS) is 17.9. The molecule has 1 saturated heterocycles. The van der Waals surface area contributed by atoms with Crippen molar-refractivity contribution in [1.29, 1.82) is 5.26 Å². The van der Waals surface area contributed by atoms with Crippen molar-refractivity contribution in [3.63, 3.8) is 0 Å². The van der Waals surface area contributed by atoms with Crippen LogP contribution in [-0.2, 0) is 6.54 Å². The van der Waals surface area contributed by atoms with Gasteiger partial charge in [-0.15, -0.1) is 0 Å². The molecule has 2 atom stereocenters. The maximum absolute atomic E-state index is 10.2. The van der Waals surface area contributed by atoms with Gasteiger partial charge in [-0.25, -0.2) is 4.98 Å². The number of rotatable bonds is 7. The van der Waals surface area contributed by atoms with Crippen LogP contribution in [0.4, 0.5) is 11.6 Å². The molecule has 2 aromatic heterocycles. The first kappa shape index (κ1) is 21.9. The second kappa shape index (κ2) is 9.91. The first-order chi connectivity index (χ1) is 16.7. The van der Waals surface area contributed by atoms with Gasteiger partial charge in [-0.05, 0) is 29.7 Å². The lowest BCUT2D eigenvalue weighted by atomic mass is 9.95. The third-order valence-electron chi connectivity index (χ3n) is 6.26. The molecule has 0 unspecified atom stereocenters. The first-order valence-corrected chi connectivity index (χ1v) is 11.5. The summed E-state index contributed by atoms with van der Waals surface area (Å²) in [4.78, 5) is 4.61. The smallest absolute Gasteiger partial charge is 0.177 e. The lowest BCUT2D eigenvalue weighted by molar-refractivity contribution is 0.0883. The molecule has 4 aromatic rings. The van der Waals surface area contributed by atoms with Gasteiger partial charge in [-0.1, -0.05) is 54.6 Å². The second-order valence-electron chi connectivity index (χ2n) is 8.55. The molecule has 1 fully saturated rings. The Bertz CT molecular complexity index is 1290. The molecule has 1 aliphatic heterocycles. The van der Waals surface area contributed by atoms with E-state index >= 15 is 0 Å². The molecule has 4 N–H and O–H groups in total. The van der Waals surface area contributed by atoms with Crippen LogP contribution in [0.15, 0.2) is 66.9 Å². The maximum atomic E-state index is 10.2. The van der Waals surface area contributed by atoms with Gasteiger partial charge in [0.05, 0.1) is 12.3 Å². The number of hydrogen-bond acceptors (Lipinski definition) is 7. The van der Waals surface area contributed by atoms with E-state index in [9.17, 15) is 10.4 Å². The summed E-state index contributed by atoms with van der Waals surface area (Å²) in [5.41, 5.74) is 4.41. The molecule has 1 aliphatic rings. The molecule has 0 aliphatic carbocycles. The van der Waals surface area contributed by atoms with E-state index in [1.165, 1.54) is 17.3 Å². The average molecular weight is 454 g/mol. The zero-order chi connectivity index (χ0) is 23.3. The molecule has 8 heteroatoms. The summed E-state index contributed by atoms with van der Waals surface area (Å²) < 4.78 is 1.65. The molecule has 8 nitrogen and oxygen atoms in total. The molecule has 0 saturated carbocycles. The van der Waals surface area contributed by atoms with Crippen LogP contribution in [0.2, 0.25) is 0 Å². The molecule has 0 amide bonds. The lowest BCUT2D eigenvalue weighted by Crippen LogP contribution is -2.43. The Morgan fingerprint density at radius 3 is 2.65 bits per heavy atom. The monoisotopic (exact) mass is 453 g/mol. The summed E-state index contributed by atoms with van der Waals surface area (Å²) in [7, 11) is 0. The molecule has 0 bridgehead atoms. The summed E-state index contributed by atoms with van der Waals surface area (Å²) in [6, 6.07) is 22.8. The predicted octanol–water partition coefficient (Wildman–Crippen LogP) is 3.26. The van der Waals surface area contributed by atoms with Gasteiger partial charge in [0.2, 0.25) is 0 Å². The number of nitriles is 1. The van der Waals surface area contributed by atoms with E-state index in [0.717, 1.165) is 24.3 Å². The molecule has 2 aromatic carbocycles. The number of aliphatic hydroxyl groups is 1. The van der Waals surface area contributed by atoms with E-state index in [4.69, 9.17) is 0 Å². The topological polar surface area (TPSA) is 110 Å². The number of β-amino-alcohol motifs (C(OH)–C–C–N with tert-alkyl or cyclic N) is 1. The molecule has 0 spiro atoms. The van der Waals surface area contributed by atoms with Crippen molar-refractivity contribution < 1.29 is 5.11 Å². The summed E-state index contributed by atoms with van der Waals surface area (Å²) in [5, 5.41) is 34.1. The number of nitrogens with zero attached hydrogens (tertiary/aromatic N) is 4. The molecular weight excluding hydrogens is 426 g/mol. The number of anilines is 2. The van der Waals surface area contributed by atoms with Crippen molar-refractivity contribution in [2.45, 2.75) is 19.1 Å². The quantitative estimate of drug-likeness (QED) is 0.340. The van der Waals surface area contributed by atoms with Crippen LogP contribution in [0.1, 0.15) is 17.5 Å². The largest absolute Gasteiger partial charge is 0.391 e. The fourth-order valence-electron chi connectivity index (χ4n) is 4.27. The Labute approximate surface area is 198 Å². The van der Waals surface area contributed by atoms with Gasteiger partial charge in [-0.3, -0.25) is 0 Å². The number of aliphatic hydroxyl groups excluding tert-OH is 1. The highest BCUT2D eigenvalue weighted by Crippen LogP contribution is 2.22. The van der Waals surface area contributed by atoms with E-state index in [2.05, 4.69) is 68.5 Å². The van der Waals surface area contributed by atoms with Crippen molar-refractivity contribution in [1.82, 2.24) is 19.9 Å². The average Bonchev–Trinajstić information content (AvgIpc) is 3.31. The van der Waals surface area contributed by atoms with Crippen LogP contribution < -0.4 is 16.0 Å². The van der Waals surface area contributed by atoms with Crippen molar-refractivity contribution in [2.75, 3.05) is 30.3 Å². The van der Waals surface area contributed by atoms with Gasteiger partial charge >= 0.3 is 0 Å². The van der Waals surface area contributed by atoms with Crippen LogP contribution in [0, 0.1) is 17.2 Å². The van der Waals surface area contributed by atoms with E-state index in [1.807, 2.05) is 24.3 Å². The number of benzene rings is 2. The Kier molecular flexibility index (Phi) is 6.38. The minimum atomic E-state index is -0.383. The number of aromatic nitrogens is 3. The van der Waals surface area contributed by atoms with Gasteiger partial charge in [-0.2, -0.15) is 14.9 Å². The third-order valence-corrected chi connectivity index (χ3v) is 6.26. The van der Waals surface area contributed by atoms with E-state index in [-0.39, 0.29) is 12.0 Å². The van der Waals surface area contributed by atoms with E-state index in [1.54, 1.807) is 4.52 Å². The van der Waals surface area contributed by atoms with E-state index in [0.29, 0.717) is 36.7 Å². The van der Waals surface area contributed by atoms with Crippen LogP contribution >= 0.6 is 0 Å². The molecule has 172 valence electrons. The zero-order valence-electron chi connectivity index (χ0n) is 18.8. The Hall–Kier alpha value is -3.93. The Morgan fingerprint density at radius 2 is 1.88 bits per heavy atom. The minimum absolute atomic E-state index is 0.152. The fourth-order valence-corrected chi connectivity index (χ4v) is 4.27. The van der Waals surface area contributed by atoms with Gasteiger partial charge in [0, 0.05) is 31.6 Å². The molecule has 0 radical (unpaired) electrons. The summed E-state index contributed by atoms with van der Waals surface area (Å²) >= 11 is 0. The highest BCUT2D eigenvalue weighted by Gasteiger charge is 2.22. The predicted molar refractivity (Wildman–Crippen MR) is 132 cm³/mol. The number of nitrogens with one attached hydrogen (secondary N) is 3. The first-order valence-electron chi connectivity index (χ1n) is 11.5. The molecular formula is C26H27N7O. The van der Waals surface area contributed by atoms with Crippen LogP contribution in [-0.4, -0.2) is 45.4 Å². The SMILES string of the molecule is N#Cc1cnn2c(NCc3ccc(-c4ccccc4)cc3)cc(NC[C@H]3CCNC[C@@H]3O)nc12. The summed E-state index contributed by atoms with van der Waals surface area (Å²) in [6.07, 6.45) is 2.05. The highest BCUT2D eigenvalue weighted by atomic mass is 16.3. The van der Waals surface area contributed by atoms with Gasteiger partial charge < -0.3 is 21.1 Å². The maximum Gasteiger partial charge on any atom is 0.177 e. The Morgan fingerprint density at radius 1 is 1.09 bits per heavy atom. The van der Waals surface area contributed by atoms with Gasteiger partial charge in [0.1, 0.15) is 23.3 Å². The molecule has 34 heavy (non-hydrogen) atoms. The fraction of sp³-hybridized carbons (Fsp3) is 0.269. The molecule has 5 rings (SSSR count). The van der Waals surface area contributed by atoms with E-state index < -0.39 is 0 Å². The zero-order valence-corrected chi connectivity index (χ0v) is 18.8. The van der Waals surface area contributed by atoms with Gasteiger partial charge in [0.15, 0.2) is 5.65 Å². The highest BCUT2D eigenvalue weighted by molar-refractivity contribution is 5.65. The van der Waals surface area contributed by atoms with Crippen molar-refractivity contribution in [3.8, 4) is 17.2 Å². The van der Waals surface area contributed by atoms with Gasteiger partial charge in [0.25, 0.3) is 0 Å². The standard InChI is InChI=1S/C26H27N7O/c27-13-22-16-31-33-25(12-24(32-26(22)33)29-15-21-10-11-28-17-23(21)34)30-14-18-6-8-20(9-7-18)19-4-2-1-3-5-19/h1-9,12,16,21,23,28,30,34H,10-11,14-15,17H2,(H,29,32)/t21-,23+/m1/s1.